The summed E-state index contributed by atoms with van der Waals surface area (Å²) in [5.41, 5.74) is 5.06. The molecule has 0 radical (unpaired) electrons. The minimum absolute atomic E-state index is 0.121. The molecule has 0 aromatic carbocycles. The molecular weight excluding hydrogens is 253 g/mol. The summed E-state index contributed by atoms with van der Waals surface area (Å²) in [6.45, 7) is 0.235. The van der Waals surface area contributed by atoms with Crippen molar-refractivity contribution in [1.82, 2.24) is 0 Å². The monoisotopic (exact) mass is 263 g/mol. The maximum Gasteiger partial charge on any atom is 0.152 e. The van der Waals surface area contributed by atoms with Gasteiger partial charge in [0.05, 0.1) is 11.5 Å². The molecule has 0 aliphatic carbocycles. The highest BCUT2D eigenvalue weighted by Gasteiger charge is 2.06. The van der Waals surface area contributed by atoms with Crippen LogP contribution in [0.1, 0.15) is 0 Å². The fourth-order valence-electron chi connectivity index (χ4n) is 0.399. The van der Waals surface area contributed by atoms with E-state index in [4.69, 9.17) is 5.73 Å². The number of alkyl halides is 1. The molecule has 0 atom stereocenters. The van der Waals surface area contributed by atoms with E-state index in [1.165, 1.54) is 0 Å². The second-order valence-corrected chi connectivity index (χ2v) is 5.01. The Hall–Kier alpha value is 0.640. The van der Waals surface area contributed by atoms with E-state index >= 15 is 0 Å². The minimum atomic E-state index is -2.81. The van der Waals surface area contributed by atoms with Crippen molar-refractivity contribution in [3.05, 3.63) is 0 Å². The number of rotatable bonds is 4. The van der Waals surface area contributed by atoms with Crippen LogP contribution in [0, 0.1) is 0 Å². The third-order valence-corrected chi connectivity index (χ3v) is 3.77. The van der Waals surface area contributed by atoms with E-state index in [-0.39, 0.29) is 18.1 Å². The molecule has 9 heavy (non-hydrogen) atoms. The lowest BCUT2D eigenvalue weighted by Crippen LogP contribution is -2.18. The summed E-state index contributed by atoms with van der Waals surface area (Å²) < 4.78 is 22.1. The topological polar surface area (TPSA) is 60.2 Å². The second kappa shape index (κ2) is 4.45. The van der Waals surface area contributed by atoms with Crippen molar-refractivity contribution in [3.63, 3.8) is 0 Å². The molecule has 3 nitrogen and oxygen atoms in total. The van der Waals surface area contributed by atoms with E-state index in [0.29, 0.717) is 4.43 Å². The Balaban J connectivity index is 3.73. The lowest BCUT2D eigenvalue weighted by Gasteiger charge is -1.96. The van der Waals surface area contributed by atoms with Crippen LogP contribution in [0.15, 0.2) is 0 Å². The van der Waals surface area contributed by atoms with Gasteiger partial charge in [-0.25, -0.2) is 8.42 Å². The fourth-order valence-corrected chi connectivity index (χ4v) is 3.21. The smallest absolute Gasteiger partial charge is 0.152 e. The molecule has 0 saturated heterocycles. The zero-order chi connectivity index (χ0) is 7.33. The third kappa shape index (κ3) is 5.10. The Morgan fingerprint density at radius 1 is 1.33 bits per heavy atom. The molecule has 56 valence electrons. The van der Waals surface area contributed by atoms with Crippen molar-refractivity contribution < 1.29 is 8.42 Å². The van der Waals surface area contributed by atoms with Crippen LogP contribution >= 0.6 is 22.6 Å². The van der Waals surface area contributed by atoms with Gasteiger partial charge < -0.3 is 5.73 Å². The van der Waals surface area contributed by atoms with Gasteiger partial charge in [0, 0.05) is 11.0 Å². The molecule has 0 amide bonds. The molecule has 0 aromatic rings. The van der Waals surface area contributed by atoms with E-state index in [1.807, 2.05) is 22.6 Å². The number of hydrogen-bond donors (Lipinski definition) is 1. The fraction of sp³-hybridized carbons (Fsp3) is 1.00. The Morgan fingerprint density at radius 2 is 1.89 bits per heavy atom. The standard InChI is InChI=1S/C4H10INO2S/c5-1-3-9(7,8)4-2-6/h1-4,6H2. The summed E-state index contributed by atoms with van der Waals surface area (Å²) in [7, 11) is -2.81. The van der Waals surface area contributed by atoms with Crippen LogP contribution in [0.5, 0.6) is 0 Å². The molecule has 0 saturated carbocycles. The van der Waals surface area contributed by atoms with E-state index < -0.39 is 9.84 Å². The number of nitrogens with two attached hydrogens (primary N) is 1. The average molecular weight is 263 g/mol. The zero-order valence-corrected chi connectivity index (χ0v) is 7.98. The van der Waals surface area contributed by atoms with E-state index in [0.717, 1.165) is 0 Å². The number of sulfone groups is 1. The highest BCUT2D eigenvalue weighted by Crippen LogP contribution is 1.91. The molecule has 0 unspecified atom stereocenters. The summed E-state index contributed by atoms with van der Waals surface area (Å²) in [6, 6.07) is 0. The van der Waals surface area contributed by atoms with Crippen molar-refractivity contribution in [2.75, 3.05) is 22.5 Å². The first-order valence-corrected chi connectivity index (χ1v) is 5.93. The van der Waals surface area contributed by atoms with Crippen molar-refractivity contribution in [3.8, 4) is 0 Å². The van der Waals surface area contributed by atoms with Crippen molar-refractivity contribution in [1.29, 1.82) is 0 Å². The number of halogens is 1. The molecule has 0 spiro atoms. The lowest BCUT2D eigenvalue weighted by molar-refractivity contribution is 0.597. The number of hydrogen-bond acceptors (Lipinski definition) is 3. The summed E-state index contributed by atoms with van der Waals surface area (Å²) in [6.07, 6.45) is 0. The Morgan fingerprint density at radius 3 is 2.22 bits per heavy atom. The largest absolute Gasteiger partial charge is 0.329 e. The molecule has 0 bridgehead atoms. The quantitative estimate of drug-likeness (QED) is 0.564. The SMILES string of the molecule is NCCS(=O)(=O)CCI. The van der Waals surface area contributed by atoms with Crippen LogP contribution in [0.25, 0.3) is 0 Å². The van der Waals surface area contributed by atoms with Gasteiger partial charge in [-0.1, -0.05) is 22.6 Å². The molecule has 0 aromatic heterocycles. The van der Waals surface area contributed by atoms with Crippen molar-refractivity contribution in [2.24, 2.45) is 5.73 Å². The highest BCUT2D eigenvalue weighted by atomic mass is 127. The molecular formula is C4H10INO2S. The molecule has 0 heterocycles. The van der Waals surface area contributed by atoms with Crippen LogP contribution in [0.2, 0.25) is 0 Å². The Bertz CT molecular complexity index is 142. The first-order valence-electron chi connectivity index (χ1n) is 2.59. The van der Waals surface area contributed by atoms with Crippen LogP contribution in [-0.2, 0) is 9.84 Å². The molecule has 0 rings (SSSR count). The lowest BCUT2D eigenvalue weighted by atomic mass is 10.8. The molecule has 2 N–H and O–H groups in total. The normalized spacial score (nSPS) is 11.8. The van der Waals surface area contributed by atoms with Gasteiger partial charge >= 0.3 is 0 Å². The van der Waals surface area contributed by atoms with Crippen molar-refractivity contribution >= 4 is 32.4 Å². The maximum absolute atomic E-state index is 10.7. The summed E-state index contributed by atoms with van der Waals surface area (Å²) in [5, 5.41) is 0. The molecule has 0 aliphatic heterocycles. The summed E-state index contributed by atoms with van der Waals surface area (Å²) in [4.78, 5) is 0. The van der Waals surface area contributed by atoms with E-state index in [1.54, 1.807) is 0 Å². The zero-order valence-electron chi connectivity index (χ0n) is 5.01. The van der Waals surface area contributed by atoms with Crippen LogP contribution in [-0.4, -0.2) is 30.9 Å². The van der Waals surface area contributed by atoms with Gasteiger partial charge in [-0.2, -0.15) is 0 Å². The average Bonchev–Trinajstić information content (AvgIpc) is 1.64. The first-order chi connectivity index (χ1) is 4.12. The minimum Gasteiger partial charge on any atom is -0.329 e. The van der Waals surface area contributed by atoms with Gasteiger partial charge in [0.1, 0.15) is 0 Å². The third-order valence-electron chi connectivity index (χ3n) is 0.817. The van der Waals surface area contributed by atoms with Crippen LogP contribution in [0.4, 0.5) is 0 Å². The summed E-state index contributed by atoms with van der Waals surface area (Å²) >= 11 is 2.03. The van der Waals surface area contributed by atoms with Crippen LogP contribution < -0.4 is 5.73 Å². The van der Waals surface area contributed by atoms with Gasteiger partial charge in [-0.05, 0) is 0 Å². The van der Waals surface area contributed by atoms with Crippen LogP contribution in [0.3, 0.4) is 0 Å². The Kier molecular flexibility index (Phi) is 4.77. The van der Waals surface area contributed by atoms with E-state index in [2.05, 4.69) is 0 Å². The molecule has 5 heteroatoms. The first kappa shape index (κ1) is 9.64. The van der Waals surface area contributed by atoms with Gasteiger partial charge in [0.25, 0.3) is 0 Å². The maximum atomic E-state index is 10.7. The van der Waals surface area contributed by atoms with E-state index in [9.17, 15) is 8.42 Å². The van der Waals surface area contributed by atoms with Gasteiger partial charge in [0.15, 0.2) is 9.84 Å². The second-order valence-electron chi connectivity index (χ2n) is 1.63. The van der Waals surface area contributed by atoms with Gasteiger partial charge in [-0.3, -0.25) is 0 Å². The summed E-state index contributed by atoms with van der Waals surface area (Å²) in [5.74, 6) is 0.376. The van der Waals surface area contributed by atoms with Gasteiger partial charge in [0.2, 0.25) is 0 Å². The predicted molar refractivity (Wildman–Crippen MR) is 46.6 cm³/mol. The van der Waals surface area contributed by atoms with Gasteiger partial charge in [-0.15, -0.1) is 0 Å². The molecule has 0 aliphatic rings. The predicted octanol–water partition coefficient (Wildman–Crippen LogP) is -0.205. The molecule has 0 fully saturated rings. The highest BCUT2D eigenvalue weighted by molar-refractivity contribution is 14.1. The Labute approximate surface area is 69.1 Å². The van der Waals surface area contributed by atoms with Crippen molar-refractivity contribution in [2.45, 2.75) is 0 Å².